The summed E-state index contributed by atoms with van der Waals surface area (Å²) in [5.74, 6) is -0.780. The topological polar surface area (TPSA) is 54.6 Å². The molecular weight excluding hydrogens is 204 g/mol. The maximum absolute atomic E-state index is 11.2. The van der Waals surface area contributed by atoms with Gasteiger partial charge in [0.15, 0.2) is 0 Å². The fourth-order valence-corrected chi connectivity index (χ4v) is 1.89. The van der Waals surface area contributed by atoms with Gasteiger partial charge in [0, 0.05) is 6.20 Å². The number of hydrogen-bond donors (Lipinski definition) is 1. The minimum atomic E-state index is -0.827. The molecule has 2 heterocycles. The van der Waals surface area contributed by atoms with Crippen LogP contribution in [0.1, 0.15) is 25.6 Å². The predicted octanol–water partition coefficient (Wildman–Crippen LogP) is 2.16. The largest absolute Gasteiger partial charge is 0.481 e. The second-order valence-electron chi connectivity index (χ2n) is 4.17. The Kier molecular flexibility index (Phi) is 2.64. The number of carboxylic acids is 1. The van der Waals surface area contributed by atoms with Crippen LogP contribution in [0.5, 0.6) is 0 Å². The molecule has 0 saturated heterocycles. The molecule has 0 bridgehead atoms. The number of pyridine rings is 1. The molecule has 0 saturated carbocycles. The van der Waals surface area contributed by atoms with E-state index < -0.39 is 11.9 Å². The first-order valence-electron chi connectivity index (χ1n) is 5.26. The molecule has 0 radical (unpaired) electrons. The maximum Gasteiger partial charge on any atom is 0.314 e. The third kappa shape index (κ3) is 1.66. The zero-order chi connectivity index (χ0) is 11.7. The van der Waals surface area contributed by atoms with Gasteiger partial charge in [-0.3, -0.25) is 4.79 Å². The van der Waals surface area contributed by atoms with Crippen LogP contribution in [-0.4, -0.2) is 20.5 Å². The molecule has 0 aromatic carbocycles. The highest BCUT2D eigenvalue weighted by Gasteiger charge is 2.27. The number of carboxylic acid groups (broad SMARTS) is 1. The van der Waals surface area contributed by atoms with Gasteiger partial charge in [0.25, 0.3) is 0 Å². The van der Waals surface area contributed by atoms with Crippen LogP contribution >= 0.6 is 0 Å². The maximum atomic E-state index is 11.2. The zero-order valence-electron chi connectivity index (χ0n) is 9.29. The molecule has 2 aromatic heterocycles. The van der Waals surface area contributed by atoms with Gasteiger partial charge in [0.05, 0.1) is 11.7 Å². The normalized spacial score (nSPS) is 13.2. The molecule has 16 heavy (non-hydrogen) atoms. The molecule has 0 spiro atoms. The molecule has 0 amide bonds. The molecule has 0 aliphatic heterocycles. The van der Waals surface area contributed by atoms with E-state index in [4.69, 9.17) is 0 Å². The van der Waals surface area contributed by atoms with Gasteiger partial charge in [-0.2, -0.15) is 0 Å². The Balaban J connectivity index is 2.57. The Morgan fingerprint density at radius 1 is 1.44 bits per heavy atom. The van der Waals surface area contributed by atoms with Crippen molar-refractivity contribution in [3.05, 3.63) is 36.4 Å². The van der Waals surface area contributed by atoms with Crippen LogP contribution in [0.4, 0.5) is 0 Å². The quantitative estimate of drug-likeness (QED) is 0.858. The fourth-order valence-electron chi connectivity index (χ4n) is 1.89. The Morgan fingerprint density at radius 3 is 2.81 bits per heavy atom. The number of hydrogen-bond acceptors (Lipinski definition) is 2. The molecule has 0 fully saturated rings. The van der Waals surface area contributed by atoms with Crippen LogP contribution < -0.4 is 0 Å². The molecule has 84 valence electrons. The van der Waals surface area contributed by atoms with Crippen molar-refractivity contribution in [3.8, 4) is 0 Å². The minimum absolute atomic E-state index is 0.0170. The van der Waals surface area contributed by atoms with E-state index in [1.807, 2.05) is 42.6 Å². The highest BCUT2D eigenvalue weighted by molar-refractivity contribution is 5.75. The van der Waals surface area contributed by atoms with Crippen LogP contribution in [0, 0.1) is 5.92 Å². The van der Waals surface area contributed by atoms with Crippen LogP contribution in [0.15, 0.2) is 30.6 Å². The number of imidazole rings is 1. The highest BCUT2D eigenvalue weighted by Crippen LogP contribution is 2.24. The third-order valence-electron chi connectivity index (χ3n) is 2.68. The molecular formula is C12H14N2O2. The van der Waals surface area contributed by atoms with Crippen molar-refractivity contribution >= 4 is 11.5 Å². The molecule has 0 aliphatic carbocycles. The molecule has 1 N–H and O–H groups in total. The van der Waals surface area contributed by atoms with E-state index >= 15 is 0 Å². The molecule has 1 unspecified atom stereocenters. The summed E-state index contributed by atoms with van der Waals surface area (Å²) in [5.41, 5.74) is 0.921. The summed E-state index contributed by atoms with van der Waals surface area (Å²) < 4.78 is 1.83. The molecule has 1 atom stereocenters. The van der Waals surface area contributed by atoms with Gasteiger partial charge in [0.1, 0.15) is 11.7 Å². The van der Waals surface area contributed by atoms with Gasteiger partial charge in [-0.15, -0.1) is 0 Å². The smallest absolute Gasteiger partial charge is 0.314 e. The summed E-state index contributed by atoms with van der Waals surface area (Å²) in [7, 11) is 0. The first-order valence-corrected chi connectivity index (χ1v) is 5.26. The standard InChI is InChI=1S/C12H14N2O2/c1-8(2)10(12(15)16)11-13-7-9-5-3-4-6-14(9)11/h3-8,10H,1-2H3,(H,15,16). The van der Waals surface area contributed by atoms with E-state index in [2.05, 4.69) is 4.98 Å². The summed E-state index contributed by atoms with van der Waals surface area (Å²) in [4.78, 5) is 15.4. The lowest BCUT2D eigenvalue weighted by atomic mass is 9.95. The number of fused-ring (bicyclic) bond motifs is 1. The number of nitrogens with zero attached hydrogens (tertiary/aromatic N) is 2. The molecule has 4 nitrogen and oxygen atoms in total. The first-order chi connectivity index (χ1) is 7.61. The Labute approximate surface area is 93.5 Å². The number of carbonyl (C=O) groups is 1. The van der Waals surface area contributed by atoms with Crippen molar-refractivity contribution in [2.45, 2.75) is 19.8 Å². The summed E-state index contributed by atoms with van der Waals surface area (Å²) in [6.45, 7) is 3.78. The summed E-state index contributed by atoms with van der Waals surface area (Å²) in [5, 5.41) is 9.22. The van der Waals surface area contributed by atoms with Crippen LogP contribution in [0.25, 0.3) is 5.52 Å². The molecule has 2 aromatic rings. The summed E-state index contributed by atoms with van der Waals surface area (Å²) >= 11 is 0. The molecule has 2 rings (SSSR count). The monoisotopic (exact) mass is 218 g/mol. The Morgan fingerprint density at radius 2 is 2.19 bits per heavy atom. The van der Waals surface area contributed by atoms with Crippen molar-refractivity contribution in [2.75, 3.05) is 0 Å². The zero-order valence-corrected chi connectivity index (χ0v) is 9.29. The van der Waals surface area contributed by atoms with E-state index in [1.54, 1.807) is 6.20 Å². The van der Waals surface area contributed by atoms with Crippen molar-refractivity contribution < 1.29 is 9.90 Å². The lowest BCUT2D eigenvalue weighted by Gasteiger charge is -2.14. The average molecular weight is 218 g/mol. The second-order valence-corrected chi connectivity index (χ2v) is 4.17. The van der Waals surface area contributed by atoms with Crippen LogP contribution in [0.3, 0.4) is 0 Å². The first kappa shape index (κ1) is 10.7. The van der Waals surface area contributed by atoms with Gasteiger partial charge >= 0.3 is 5.97 Å². The van der Waals surface area contributed by atoms with Gasteiger partial charge in [-0.1, -0.05) is 19.9 Å². The number of rotatable bonds is 3. The Hall–Kier alpha value is -1.84. The van der Waals surface area contributed by atoms with Gasteiger partial charge in [0.2, 0.25) is 0 Å². The molecule has 0 aliphatic rings. The van der Waals surface area contributed by atoms with E-state index in [0.717, 1.165) is 5.52 Å². The lowest BCUT2D eigenvalue weighted by Crippen LogP contribution is -2.20. The van der Waals surface area contributed by atoms with E-state index in [9.17, 15) is 9.90 Å². The number of aliphatic carboxylic acids is 1. The number of aromatic nitrogens is 2. The van der Waals surface area contributed by atoms with E-state index in [-0.39, 0.29) is 5.92 Å². The van der Waals surface area contributed by atoms with Gasteiger partial charge < -0.3 is 9.51 Å². The molecule has 4 heteroatoms. The van der Waals surface area contributed by atoms with Gasteiger partial charge in [-0.05, 0) is 18.1 Å². The average Bonchev–Trinajstić information content (AvgIpc) is 2.61. The van der Waals surface area contributed by atoms with Crippen molar-refractivity contribution in [1.29, 1.82) is 0 Å². The van der Waals surface area contributed by atoms with Gasteiger partial charge in [-0.25, -0.2) is 4.98 Å². The highest BCUT2D eigenvalue weighted by atomic mass is 16.4. The second kappa shape index (κ2) is 3.96. The minimum Gasteiger partial charge on any atom is -0.481 e. The lowest BCUT2D eigenvalue weighted by molar-refractivity contribution is -0.140. The van der Waals surface area contributed by atoms with Crippen LogP contribution in [-0.2, 0) is 4.79 Å². The fraction of sp³-hybridized carbons (Fsp3) is 0.333. The summed E-state index contributed by atoms with van der Waals surface area (Å²) in [6.07, 6.45) is 3.55. The SMILES string of the molecule is CC(C)C(C(=O)O)c1ncc2ccccn12. The van der Waals surface area contributed by atoms with Crippen molar-refractivity contribution in [2.24, 2.45) is 5.92 Å². The third-order valence-corrected chi connectivity index (χ3v) is 2.68. The van der Waals surface area contributed by atoms with E-state index in [0.29, 0.717) is 5.82 Å². The van der Waals surface area contributed by atoms with Crippen molar-refractivity contribution in [1.82, 2.24) is 9.38 Å². The predicted molar refractivity (Wildman–Crippen MR) is 60.4 cm³/mol. The summed E-state index contributed by atoms with van der Waals surface area (Å²) in [6, 6.07) is 5.69. The van der Waals surface area contributed by atoms with Crippen LogP contribution in [0.2, 0.25) is 0 Å². The van der Waals surface area contributed by atoms with Crippen molar-refractivity contribution in [3.63, 3.8) is 0 Å². The van der Waals surface area contributed by atoms with E-state index in [1.165, 1.54) is 0 Å². The Bertz CT molecular complexity index is 516.